The molecule has 31 heavy (non-hydrogen) atoms. The summed E-state index contributed by atoms with van der Waals surface area (Å²) in [6.07, 6.45) is 0. The van der Waals surface area contributed by atoms with Crippen LogP contribution in [0.4, 0.5) is 11.4 Å². The first kappa shape index (κ1) is 23.6. The Bertz CT molecular complexity index is 970. The van der Waals surface area contributed by atoms with E-state index in [2.05, 4.69) is 10.6 Å². The molecule has 2 aromatic carbocycles. The number of amides is 3. The Morgan fingerprint density at radius 3 is 2.10 bits per heavy atom. The third kappa shape index (κ3) is 7.26. The van der Waals surface area contributed by atoms with E-state index in [0.717, 1.165) is 11.1 Å². The molecule has 2 rings (SSSR count). The monoisotopic (exact) mass is 425 g/mol. The Kier molecular flexibility index (Phi) is 8.31. The molecule has 0 radical (unpaired) electrons. The van der Waals surface area contributed by atoms with E-state index in [-0.39, 0.29) is 24.9 Å². The zero-order valence-corrected chi connectivity index (χ0v) is 18.2. The second kappa shape index (κ2) is 10.9. The quantitative estimate of drug-likeness (QED) is 0.633. The molecule has 164 valence electrons. The van der Waals surface area contributed by atoms with E-state index in [1.165, 1.54) is 11.8 Å². The van der Waals surface area contributed by atoms with Crippen LogP contribution in [0.2, 0.25) is 0 Å². The van der Waals surface area contributed by atoms with Crippen LogP contribution >= 0.6 is 0 Å². The number of esters is 1. The molecule has 8 nitrogen and oxygen atoms in total. The molecule has 0 saturated carbocycles. The van der Waals surface area contributed by atoms with Crippen molar-refractivity contribution in [1.29, 1.82) is 0 Å². The average Bonchev–Trinajstić information content (AvgIpc) is 2.71. The number of benzene rings is 2. The zero-order chi connectivity index (χ0) is 23.0. The number of anilines is 2. The molecule has 0 unspecified atom stereocenters. The Morgan fingerprint density at radius 2 is 1.55 bits per heavy atom. The van der Waals surface area contributed by atoms with E-state index < -0.39 is 18.5 Å². The van der Waals surface area contributed by atoms with Gasteiger partial charge in [0, 0.05) is 24.8 Å². The van der Waals surface area contributed by atoms with Crippen LogP contribution in [-0.2, 0) is 19.1 Å². The van der Waals surface area contributed by atoms with Gasteiger partial charge < -0.3 is 20.3 Å². The molecule has 0 saturated heterocycles. The van der Waals surface area contributed by atoms with Crippen LogP contribution in [0.1, 0.15) is 35.3 Å². The number of carbonyl (C=O) groups is 4. The highest BCUT2D eigenvalue weighted by Gasteiger charge is 2.19. The van der Waals surface area contributed by atoms with Crippen LogP contribution in [0.25, 0.3) is 0 Å². The van der Waals surface area contributed by atoms with E-state index in [9.17, 15) is 19.2 Å². The summed E-state index contributed by atoms with van der Waals surface area (Å²) in [4.78, 5) is 49.3. The van der Waals surface area contributed by atoms with Gasteiger partial charge in [-0.2, -0.15) is 0 Å². The van der Waals surface area contributed by atoms with Gasteiger partial charge in [-0.1, -0.05) is 17.7 Å². The summed E-state index contributed by atoms with van der Waals surface area (Å²) in [5, 5.41) is 5.33. The molecule has 0 fully saturated rings. The number of aryl methyl sites for hydroxylation is 2. The van der Waals surface area contributed by atoms with Crippen LogP contribution in [0.3, 0.4) is 0 Å². The maximum Gasteiger partial charge on any atom is 0.338 e. The molecule has 0 aliphatic heterocycles. The van der Waals surface area contributed by atoms with E-state index in [1.807, 2.05) is 13.0 Å². The maximum atomic E-state index is 12.4. The topological polar surface area (TPSA) is 105 Å². The summed E-state index contributed by atoms with van der Waals surface area (Å²) in [5.74, 6) is -1.61. The van der Waals surface area contributed by atoms with Crippen LogP contribution in [0, 0.1) is 13.8 Å². The lowest BCUT2D eigenvalue weighted by atomic mass is 10.1. The van der Waals surface area contributed by atoms with E-state index >= 15 is 0 Å². The first-order chi connectivity index (χ1) is 14.7. The summed E-state index contributed by atoms with van der Waals surface area (Å²) in [6.45, 7) is 6.53. The minimum atomic E-state index is -0.578. The predicted octanol–water partition coefficient (Wildman–Crippen LogP) is 2.91. The van der Waals surface area contributed by atoms with Crippen LogP contribution in [-0.4, -0.2) is 48.3 Å². The normalized spacial score (nSPS) is 10.2. The molecular formula is C23H27N3O5. The van der Waals surface area contributed by atoms with E-state index in [0.29, 0.717) is 16.9 Å². The SMILES string of the molecule is CCN(CC(=O)Nc1ccc(NC(C)=O)cc1)C(=O)COC(=O)c1ccc(C)cc1C. The maximum absolute atomic E-state index is 12.4. The molecule has 2 N–H and O–H groups in total. The van der Waals surface area contributed by atoms with Gasteiger partial charge in [0.25, 0.3) is 5.91 Å². The Morgan fingerprint density at radius 1 is 0.935 bits per heavy atom. The number of ether oxygens (including phenoxy) is 1. The lowest BCUT2D eigenvalue weighted by molar-refractivity contribution is -0.137. The van der Waals surface area contributed by atoms with Gasteiger partial charge in [0.05, 0.1) is 12.1 Å². The first-order valence-corrected chi connectivity index (χ1v) is 9.89. The molecule has 0 aliphatic carbocycles. The molecule has 0 aromatic heterocycles. The third-order valence-corrected chi connectivity index (χ3v) is 4.49. The number of carbonyl (C=O) groups excluding carboxylic acids is 4. The molecule has 2 aromatic rings. The summed E-state index contributed by atoms with van der Waals surface area (Å²) < 4.78 is 5.14. The molecule has 0 aliphatic rings. The Hall–Kier alpha value is -3.68. The smallest absolute Gasteiger partial charge is 0.338 e. The highest BCUT2D eigenvalue weighted by Crippen LogP contribution is 2.14. The van der Waals surface area contributed by atoms with E-state index in [4.69, 9.17) is 4.74 Å². The fraction of sp³-hybridized carbons (Fsp3) is 0.304. The Labute approximate surface area is 181 Å². The highest BCUT2D eigenvalue weighted by atomic mass is 16.5. The van der Waals surface area contributed by atoms with Crippen molar-refractivity contribution in [2.45, 2.75) is 27.7 Å². The highest BCUT2D eigenvalue weighted by molar-refractivity contribution is 5.96. The summed E-state index contributed by atoms with van der Waals surface area (Å²) in [6, 6.07) is 11.9. The third-order valence-electron chi connectivity index (χ3n) is 4.49. The molecule has 0 bridgehead atoms. The summed E-state index contributed by atoms with van der Waals surface area (Å²) in [7, 11) is 0. The van der Waals surface area contributed by atoms with Crippen LogP contribution < -0.4 is 10.6 Å². The van der Waals surface area contributed by atoms with Gasteiger partial charge in [-0.25, -0.2) is 4.79 Å². The van der Waals surface area contributed by atoms with Crippen molar-refractivity contribution in [2.75, 3.05) is 30.3 Å². The number of likely N-dealkylation sites (N-methyl/N-ethyl adjacent to an activating group) is 1. The van der Waals surface area contributed by atoms with Gasteiger partial charge in [0.2, 0.25) is 11.8 Å². The van der Waals surface area contributed by atoms with Gasteiger partial charge in [-0.15, -0.1) is 0 Å². The van der Waals surface area contributed by atoms with Crippen molar-refractivity contribution >= 4 is 35.1 Å². The van der Waals surface area contributed by atoms with Crippen molar-refractivity contribution in [3.8, 4) is 0 Å². The Balaban J connectivity index is 1.88. The van der Waals surface area contributed by atoms with Crippen LogP contribution in [0.15, 0.2) is 42.5 Å². The lowest BCUT2D eigenvalue weighted by Crippen LogP contribution is -2.40. The summed E-state index contributed by atoms with van der Waals surface area (Å²) in [5.41, 5.74) is 3.35. The van der Waals surface area contributed by atoms with E-state index in [1.54, 1.807) is 50.2 Å². The van der Waals surface area contributed by atoms with Gasteiger partial charge in [0.1, 0.15) is 0 Å². The number of hydrogen-bond acceptors (Lipinski definition) is 5. The fourth-order valence-electron chi connectivity index (χ4n) is 2.93. The van der Waals surface area contributed by atoms with Gasteiger partial charge >= 0.3 is 5.97 Å². The molecular weight excluding hydrogens is 398 g/mol. The average molecular weight is 425 g/mol. The molecule has 0 heterocycles. The van der Waals surface area contributed by atoms with Crippen molar-refractivity contribution in [3.05, 3.63) is 59.2 Å². The van der Waals surface area contributed by atoms with Crippen molar-refractivity contribution in [1.82, 2.24) is 4.90 Å². The van der Waals surface area contributed by atoms with Crippen molar-refractivity contribution in [2.24, 2.45) is 0 Å². The van der Waals surface area contributed by atoms with Gasteiger partial charge in [-0.05, 0) is 56.7 Å². The summed E-state index contributed by atoms with van der Waals surface area (Å²) >= 11 is 0. The predicted molar refractivity (Wildman–Crippen MR) is 118 cm³/mol. The van der Waals surface area contributed by atoms with Gasteiger partial charge in [-0.3, -0.25) is 14.4 Å². The van der Waals surface area contributed by atoms with Crippen molar-refractivity contribution in [3.63, 3.8) is 0 Å². The number of hydrogen-bond donors (Lipinski definition) is 2. The first-order valence-electron chi connectivity index (χ1n) is 9.89. The number of nitrogens with zero attached hydrogens (tertiary/aromatic N) is 1. The van der Waals surface area contributed by atoms with Gasteiger partial charge in [0.15, 0.2) is 6.61 Å². The fourth-order valence-corrected chi connectivity index (χ4v) is 2.93. The molecule has 8 heteroatoms. The van der Waals surface area contributed by atoms with Crippen LogP contribution in [0.5, 0.6) is 0 Å². The lowest BCUT2D eigenvalue weighted by Gasteiger charge is -2.20. The standard InChI is InChI=1S/C23H27N3O5/c1-5-26(13-21(28)25-19-9-7-18(8-10-19)24-17(4)27)22(29)14-31-23(30)20-11-6-15(2)12-16(20)3/h6-12H,5,13-14H2,1-4H3,(H,24,27)(H,25,28). The second-order valence-corrected chi connectivity index (χ2v) is 7.11. The molecule has 0 atom stereocenters. The number of nitrogens with one attached hydrogen (secondary N) is 2. The molecule has 0 spiro atoms. The molecule has 3 amide bonds. The largest absolute Gasteiger partial charge is 0.452 e. The minimum Gasteiger partial charge on any atom is -0.452 e. The second-order valence-electron chi connectivity index (χ2n) is 7.11. The van der Waals surface area contributed by atoms with Crippen molar-refractivity contribution < 1.29 is 23.9 Å². The number of rotatable bonds is 8. The minimum absolute atomic E-state index is 0.177. The zero-order valence-electron chi connectivity index (χ0n) is 18.2.